The fraction of sp³-hybridized carbons (Fsp3) is 0.400. The van der Waals surface area contributed by atoms with E-state index in [-0.39, 0.29) is 64.1 Å². The molecule has 1 aromatic carbocycles. The van der Waals surface area contributed by atoms with Crippen molar-refractivity contribution in [2.24, 2.45) is 5.92 Å². The molecule has 8 nitrogen and oxygen atoms in total. The van der Waals surface area contributed by atoms with E-state index in [1.807, 2.05) is 45.0 Å². The largest absolute Gasteiger partial charge is 0.511 e. The fourth-order valence-corrected chi connectivity index (χ4v) is 6.47. The summed E-state index contributed by atoms with van der Waals surface area (Å²) in [6, 6.07) is 7.42. The second-order valence-corrected chi connectivity index (χ2v) is 11.1. The van der Waals surface area contributed by atoms with Gasteiger partial charge in [0, 0.05) is 18.7 Å². The van der Waals surface area contributed by atoms with Gasteiger partial charge in [0.05, 0.1) is 27.2 Å². The van der Waals surface area contributed by atoms with Crippen LogP contribution >= 0.6 is 38.3 Å². The highest BCUT2D eigenvalue weighted by atomic mass is 32.1. The normalized spacial score (nSPS) is 17.3. The fourth-order valence-electron chi connectivity index (χ4n) is 5.41. The second kappa shape index (κ2) is 14.2. The number of hydrogen-bond acceptors (Lipinski definition) is 7. The lowest BCUT2D eigenvalue weighted by Crippen LogP contribution is -2.41. The van der Waals surface area contributed by atoms with Gasteiger partial charge in [-0.1, -0.05) is 26.8 Å². The number of ether oxygens (including phenoxy) is 1. The molecule has 3 aromatic heterocycles. The monoisotopic (exact) mass is 616 g/mol. The van der Waals surface area contributed by atoms with Gasteiger partial charge in [-0.05, 0) is 75.4 Å². The van der Waals surface area contributed by atoms with Crippen molar-refractivity contribution in [2.45, 2.75) is 72.4 Å². The van der Waals surface area contributed by atoms with Gasteiger partial charge in [0.2, 0.25) is 5.91 Å². The third-order valence-corrected chi connectivity index (χ3v) is 8.24. The Morgan fingerprint density at radius 3 is 2.68 bits per heavy atom. The Kier molecular flexibility index (Phi) is 11.9. The van der Waals surface area contributed by atoms with Crippen LogP contribution in [0.5, 0.6) is 5.75 Å². The van der Waals surface area contributed by atoms with Gasteiger partial charge in [-0.25, -0.2) is 9.78 Å². The number of carbonyl (C=O) groups excluding carboxylic acids is 1. The molecule has 3 heterocycles. The van der Waals surface area contributed by atoms with Crippen LogP contribution in [0.15, 0.2) is 47.9 Å². The summed E-state index contributed by atoms with van der Waals surface area (Å²) < 4.78 is 7.97. The van der Waals surface area contributed by atoms with Crippen molar-refractivity contribution in [3.8, 4) is 11.4 Å². The standard InChI is InChI=1S/C29H32N4O4S.CH4.2H2S/c1-5-24(35)31-20-9-7-6-8-18(20)15-23(34)27-26-25-22(12-13-30-28(25)38-27)33(29(36)32-26)21-11-10-19(14-17(21)4)37-16(2)3;;;/h5,10-14,16,18,20,34H,1,6-9,15H2,2-4H3,(H,31,35);1H4;2*1H2/t18-,20+;;;/m1.../s1. The van der Waals surface area contributed by atoms with Crippen LogP contribution in [0.1, 0.15) is 58.9 Å². The molecule has 0 spiro atoms. The van der Waals surface area contributed by atoms with Gasteiger partial charge in [-0.3, -0.25) is 9.36 Å². The quantitative estimate of drug-likeness (QED) is 0.262. The number of rotatable bonds is 7. The lowest BCUT2D eigenvalue weighted by molar-refractivity contribution is -0.117. The number of hydrogen-bond donors (Lipinski definition) is 2. The smallest absolute Gasteiger partial charge is 0.353 e. The molecule has 1 amide bonds. The highest BCUT2D eigenvalue weighted by Crippen LogP contribution is 2.32. The number of nitrogens with zero attached hydrogens (tertiary/aromatic N) is 3. The molecule has 0 radical (unpaired) electrons. The number of nitrogens with one attached hydrogen (secondary N) is 1. The van der Waals surface area contributed by atoms with Crippen LogP contribution in [0.25, 0.3) is 32.7 Å². The number of carbonyl (C=O) groups is 1. The summed E-state index contributed by atoms with van der Waals surface area (Å²) in [5.41, 5.74) is 2.33. The summed E-state index contributed by atoms with van der Waals surface area (Å²) in [6.45, 7) is 9.43. The number of aliphatic hydroxyl groups is 1. The zero-order valence-corrected chi connectivity index (χ0v) is 25.7. The minimum atomic E-state index is -0.424. The molecular weight excluding hydrogens is 577 g/mol. The molecule has 2 N–H and O–H groups in total. The Labute approximate surface area is 258 Å². The van der Waals surface area contributed by atoms with E-state index in [0.29, 0.717) is 26.8 Å². The number of pyridine rings is 1. The second-order valence-electron chi connectivity index (χ2n) is 10.1. The Bertz CT molecular complexity index is 1650. The summed E-state index contributed by atoms with van der Waals surface area (Å²) in [6.07, 6.45) is 7.23. The Morgan fingerprint density at radius 1 is 1.27 bits per heavy atom. The maximum atomic E-state index is 13.4. The third-order valence-electron chi connectivity index (χ3n) is 7.11. The molecule has 2 atom stereocenters. The third kappa shape index (κ3) is 6.90. The lowest BCUT2D eigenvalue weighted by Gasteiger charge is -2.31. The highest BCUT2D eigenvalue weighted by molar-refractivity contribution is 7.59. The van der Waals surface area contributed by atoms with E-state index in [1.54, 1.807) is 10.8 Å². The van der Waals surface area contributed by atoms with Gasteiger partial charge in [0.25, 0.3) is 0 Å². The number of aromatic nitrogens is 3. The van der Waals surface area contributed by atoms with Gasteiger partial charge >= 0.3 is 5.69 Å². The zero-order valence-electron chi connectivity index (χ0n) is 22.9. The summed E-state index contributed by atoms with van der Waals surface area (Å²) in [5.74, 6) is 0.801. The molecule has 222 valence electrons. The molecule has 1 aliphatic rings. The van der Waals surface area contributed by atoms with Crippen molar-refractivity contribution < 1.29 is 14.6 Å². The van der Waals surface area contributed by atoms with Gasteiger partial charge < -0.3 is 15.2 Å². The molecule has 1 aliphatic carbocycles. The molecule has 4 aromatic rings. The molecule has 41 heavy (non-hydrogen) atoms. The van der Waals surface area contributed by atoms with E-state index in [2.05, 4.69) is 21.9 Å². The minimum absolute atomic E-state index is 0. The van der Waals surface area contributed by atoms with Crippen LogP contribution in [-0.4, -0.2) is 37.7 Å². The van der Waals surface area contributed by atoms with Crippen LogP contribution in [0.2, 0.25) is 0 Å². The lowest BCUT2D eigenvalue weighted by atomic mass is 9.82. The molecular formula is C30H40N4O4S3. The first kappa shape index (κ1) is 34.2. The highest BCUT2D eigenvalue weighted by Gasteiger charge is 2.28. The average Bonchev–Trinajstić information content (AvgIpc) is 3.25. The molecule has 0 saturated heterocycles. The predicted molar refractivity (Wildman–Crippen MR) is 178 cm³/mol. The van der Waals surface area contributed by atoms with Crippen LogP contribution in [0.3, 0.4) is 0 Å². The number of aryl methyl sites for hydroxylation is 1. The SMILES string of the molecule is C.C=CC(=O)N[C@H]1CCCC[C@@H]1CC(O)=c1sc2nccc3c2c1nc(=O)n3-c1ccc(OC(C)C)cc1C.S.S. The van der Waals surface area contributed by atoms with Crippen molar-refractivity contribution in [2.75, 3.05) is 0 Å². The summed E-state index contributed by atoms with van der Waals surface area (Å²) in [5, 5.41) is 15.1. The van der Waals surface area contributed by atoms with Crippen molar-refractivity contribution in [1.29, 1.82) is 0 Å². The van der Waals surface area contributed by atoms with E-state index >= 15 is 0 Å². The number of amides is 1. The van der Waals surface area contributed by atoms with Crippen LogP contribution < -0.4 is 20.3 Å². The van der Waals surface area contributed by atoms with Gasteiger partial charge in [0.15, 0.2) is 0 Å². The van der Waals surface area contributed by atoms with E-state index < -0.39 is 5.69 Å². The first-order valence-electron chi connectivity index (χ1n) is 13.0. The zero-order chi connectivity index (χ0) is 27.0. The van der Waals surface area contributed by atoms with Gasteiger partial charge in [-0.2, -0.15) is 32.0 Å². The van der Waals surface area contributed by atoms with Crippen molar-refractivity contribution >= 4 is 71.2 Å². The maximum absolute atomic E-state index is 13.4. The van der Waals surface area contributed by atoms with Crippen LogP contribution in [-0.2, 0) is 4.79 Å². The van der Waals surface area contributed by atoms with E-state index in [1.165, 1.54) is 17.4 Å². The summed E-state index contributed by atoms with van der Waals surface area (Å²) in [7, 11) is 0. The molecule has 5 rings (SSSR count). The van der Waals surface area contributed by atoms with Crippen molar-refractivity contribution in [1.82, 2.24) is 19.9 Å². The summed E-state index contributed by atoms with van der Waals surface area (Å²) in [4.78, 5) is 35.1. The maximum Gasteiger partial charge on any atom is 0.353 e. The number of thiophene rings is 1. The number of benzene rings is 1. The predicted octanol–water partition coefficient (Wildman–Crippen LogP) is 5.59. The number of aliphatic hydroxyl groups excluding tert-OH is 1. The Hall–Kier alpha value is -3.02. The Morgan fingerprint density at radius 2 is 2.00 bits per heavy atom. The molecule has 1 fully saturated rings. The van der Waals surface area contributed by atoms with Crippen LogP contribution in [0.4, 0.5) is 0 Å². The van der Waals surface area contributed by atoms with E-state index in [0.717, 1.165) is 48.1 Å². The van der Waals surface area contributed by atoms with Crippen molar-refractivity contribution in [3.05, 3.63) is 63.7 Å². The van der Waals surface area contributed by atoms with Crippen LogP contribution in [0, 0.1) is 12.8 Å². The molecule has 0 unspecified atom stereocenters. The Balaban J connectivity index is 0.00000196. The molecule has 11 heteroatoms. The first-order valence-corrected chi connectivity index (χ1v) is 13.8. The van der Waals surface area contributed by atoms with E-state index in [4.69, 9.17) is 4.74 Å². The summed E-state index contributed by atoms with van der Waals surface area (Å²) >= 11 is 1.34. The van der Waals surface area contributed by atoms with Gasteiger partial charge in [0.1, 0.15) is 21.9 Å². The molecule has 0 aliphatic heterocycles. The first-order chi connectivity index (χ1) is 18.3. The average molecular weight is 617 g/mol. The van der Waals surface area contributed by atoms with Crippen molar-refractivity contribution in [3.63, 3.8) is 0 Å². The molecule has 0 bridgehead atoms. The molecule has 1 saturated carbocycles. The van der Waals surface area contributed by atoms with Gasteiger partial charge in [-0.15, -0.1) is 11.3 Å². The van der Waals surface area contributed by atoms with E-state index in [9.17, 15) is 14.7 Å². The minimum Gasteiger partial charge on any atom is -0.511 e. The topological polar surface area (TPSA) is 106 Å².